The van der Waals surface area contributed by atoms with Gasteiger partial charge in [-0.15, -0.1) is 0 Å². The predicted octanol–water partition coefficient (Wildman–Crippen LogP) is 4.50. The van der Waals surface area contributed by atoms with E-state index in [2.05, 4.69) is 15.1 Å². The van der Waals surface area contributed by atoms with Crippen LogP contribution in [0.3, 0.4) is 0 Å². The molecule has 2 atom stereocenters. The van der Waals surface area contributed by atoms with Gasteiger partial charge in [-0.1, -0.05) is 11.6 Å². The van der Waals surface area contributed by atoms with Crippen molar-refractivity contribution in [2.75, 3.05) is 6.61 Å². The Hall–Kier alpha value is -3.24. The largest absolute Gasteiger partial charge is 0.373 e. The second kappa shape index (κ2) is 8.52. The zero-order valence-electron chi connectivity index (χ0n) is 18.2. The lowest BCUT2D eigenvalue weighted by Crippen LogP contribution is -2.23. The first kappa shape index (κ1) is 22.5. The van der Waals surface area contributed by atoms with Gasteiger partial charge in [0.2, 0.25) is 0 Å². The first-order valence-electron chi connectivity index (χ1n) is 10.6. The summed E-state index contributed by atoms with van der Waals surface area (Å²) in [7, 11) is 1.81. The van der Waals surface area contributed by atoms with Crippen LogP contribution in [0.1, 0.15) is 41.8 Å². The van der Waals surface area contributed by atoms with Crippen molar-refractivity contribution in [3.8, 4) is 11.3 Å². The minimum absolute atomic E-state index is 0.00331. The Kier molecular flexibility index (Phi) is 5.65. The lowest BCUT2D eigenvalue weighted by Gasteiger charge is -2.29. The number of benzene rings is 1. The summed E-state index contributed by atoms with van der Waals surface area (Å²) < 4.78 is 51.2. The van der Waals surface area contributed by atoms with Crippen LogP contribution in [0, 0.1) is 24.4 Å². The number of rotatable bonds is 3. The number of hydrogen-bond donors (Lipinski definition) is 0. The molecule has 5 rings (SSSR count). The lowest BCUT2D eigenvalue weighted by molar-refractivity contribution is 0.00455. The fraction of sp³-hybridized carbons (Fsp3) is 0.304. The van der Waals surface area contributed by atoms with Gasteiger partial charge in [-0.2, -0.15) is 5.10 Å². The van der Waals surface area contributed by atoms with E-state index in [0.29, 0.717) is 31.2 Å². The summed E-state index contributed by atoms with van der Waals surface area (Å²) in [5.74, 6) is -3.75. The predicted molar refractivity (Wildman–Crippen MR) is 118 cm³/mol. The second-order valence-corrected chi connectivity index (χ2v) is 8.68. The molecule has 1 aromatic carbocycles. The van der Waals surface area contributed by atoms with E-state index in [-0.39, 0.29) is 39.6 Å². The molecular formula is C23H19ClF3N5O2. The van der Waals surface area contributed by atoms with Crippen molar-refractivity contribution < 1.29 is 17.9 Å². The molecule has 0 saturated carbocycles. The van der Waals surface area contributed by atoms with Crippen LogP contribution >= 0.6 is 11.6 Å². The van der Waals surface area contributed by atoms with Crippen molar-refractivity contribution in [1.29, 1.82) is 0 Å². The third kappa shape index (κ3) is 3.86. The highest BCUT2D eigenvalue weighted by atomic mass is 35.5. The number of halogens is 4. The average molecular weight is 490 g/mol. The van der Waals surface area contributed by atoms with Crippen LogP contribution < -0.4 is 5.56 Å². The van der Waals surface area contributed by atoms with E-state index >= 15 is 0 Å². The summed E-state index contributed by atoms with van der Waals surface area (Å²) in [4.78, 5) is 21.9. The maximum atomic E-state index is 14.8. The molecule has 3 aromatic heterocycles. The molecule has 0 N–H and O–H groups in total. The maximum Gasteiger partial charge on any atom is 0.277 e. The minimum atomic E-state index is -1.32. The average Bonchev–Trinajstić information content (AvgIpc) is 3.26. The minimum Gasteiger partial charge on any atom is -0.373 e. The van der Waals surface area contributed by atoms with Crippen LogP contribution in [0.2, 0.25) is 5.02 Å². The summed E-state index contributed by atoms with van der Waals surface area (Å²) in [6.45, 7) is 1.96. The fourth-order valence-corrected chi connectivity index (χ4v) is 4.36. The van der Waals surface area contributed by atoms with Gasteiger partial charge in [-0.25, -0.2) is 23.1 Å². The Morgan fingerprint density at radius 1 is 1.12 bits per heavy atom. The van der Waals surface area contributed by atoms with Gasteiger partial charge in [-0.05, 0) is 25.8 Å². The first-order chi connectivity index (χ1) is 16.2. The van der Waals surface area contributed by atoms with Crippen molar-refractivity contribution in [2.24, 2.45) is 7.05 Å². The van der Waals surface area contributed by atoms with Crippen molar-refractivity contribution in [1.82, 2.24) is 24.1 Å². The molecule has 11 heteroatoms. The SMILES string of the molecule is Cc1nc2c(-c3cc(F)c(F)cc3F)nc([C@H]3CCO[C@@H](c4cnn(C)c4)C3)cn2c(=O)c1Cl. The molecule has 1 fully saturated rings. The summed E-state index contributed by atoms with van der Waals surface area (Å²) >= 11 is 6.15. The standard InChI is InChI=1S/C23H19ClF3N5O2/c1-11-20(24)23(33)32-10-18(12-3-4-34-19(5-12)13-8-28-31(2)9-13)30-21(22(32)29-11)14-6-16(26)17(27)7-15(14)25/h6-10,12,19H,3-5H2,1-2H3/t12-,19+/m0/s1. The molecular weight excluding hydrogens is 471 g/mol. The number of ether oxygens (including phenoxy) is 1. The van der Waals surface area contributed by atoms with Crippen molar-refractivity contribution in [3.05, 3.63) is 80.5 Å². The molecule has 7 nitrogen and oxygen atoms in total. The van der Waals surface area contributed by atoms with Gasteiger partial charge in [0.1, 0.15) is 16.5 Å². The molecule has 34 heavy (non-hydrogen) atoms. The van der Waals surface area contributed by atoms with E-state index in [0.717, 1.165) is 11.6 Å². The number of aryl methyl sites for hydroxylation is 2. The van der Waals surface area contributed by atoms with E-state index in [1.807, 2.05) is 13.2 Å². The third-order valence-electron chi connectivity index (χ3n) is 6.00. The molecule has 4 heterocycles. The number of fused-ring (bicyclic) bond motifs is 1. The van der Waals surface area contributed by atoms with Gasteiger partial charge >= 0.3 is 0 Å². The van der Waals surface area contributed by atoms with Crippen LogP contribution in [0.25, 0.3) is 16.9 Å². The number of hydrogen-bond acceptors (Lipinski definition) is 5. The topological polar surface area (TPSA) is 74.3 Å². The highest BCUT2D eigenvalue weighted by molar-refractivity contribution is 6.31. The second-order valence-electron chi connectivity index (χ2n) is 8.30. The molecule has 0 bridgehead atoms. The van der Waals surface area contributed by atoms with Gasteiger partial charge in [-0.3, -0.25) is 13.9 Å². The number of nitrogens with zero attached hydrogens (tertiary/aromatic N) is 5. The van der Waals surface area contributed by atoms with Crippen LogP contribution in [0.4, 0.5) is 13.2 Å². The molecule has 0 aliphatic carbocycles. The Morgan fingerprint density at radius 3 is 2.62 bits per heavy atom. The quantitative estimate of drug-likeness (QED) is 0.396. The molecule has 1 aliphatic rings. The van der Waals surface area contributed by atoms with E-state index in [1.165, 1.54) is 17.5 Å². The van der Waals surface area contributed by atoms with E-state index in [4.69, 9.17) is 16.3 Å². The monoisotopic (exact) mass is 489 g/mol. The van der Waals surface area contributed by atoms with Gasteiger partial charge in [0.15, 0.2) is 17.3 Å². The van der Waals surface area contributed by atoms with Crippen LogP contribution in [-0.4, -0.2) is 30.8 Å². The van der Waals surface area contributed by atoms with Gasteiger partial charge in [0, 0.05) is 49.2 Å². The molecule has 0 amide bonds. The van der Waals surface area contributed by atoms with Crippen molar-refractivity contribution in [2.45, 2.75) is 31.8 Å². The van der Waals surface area contributed by atoms with E-state index in [9.17, 15) is 18.0 Å². The molecule has 0 radical (unpaired) electrons. The fourth-order valence-electron chi connectivity index (χ4n) is 4.23. The third-order valence-corrected chi connectivity index (χ3v) is 6.44. The normalized spacial score (nSPS) is 18.5. The summed E-state index contributed by atoms with van der Waals surface area (Å²) in [5.41, 5.74) is 0.639. The van der Waals surface area contributed by atoms with E-state index < -0.39 is 23.0 Å². The maximum absolute atomic E-state index is 14.8. The van der Waals surface area contributed by atoms with Crippen LogP contribution in [-0.2, 0) is 11.8 Å². The lowest BCUT2D eigenvalue weighted by atomic mass is 9.90. The van der Waals surface area contributed by atoms with Gasteiger partial charge < -0.3 is 4.74 Å². The van der Waals surface area contributed by atoms with Gasteiger partial charge in [0.05, 0.1) is 23.7 Å². The Morgan fingerprint density at radius 2 is 1.88 bits per heavy atom. The van der Waals surface area contributed by atoms with Crippen LogP contribution in [0.5, 0.6) is 0 Å². The molecule has 0 spiro atoms. The molecule has 1 saturated heterocycles. The molecule has 1 aliphatic heterocycles. The molecule has 176 valence electrons. The Labute approximate surface area is 196 Å². The summed E-state index contributed by atoms with van der Waals surface area (Å²) in [6, 6.07) is 1.17. The van der Waals surface area contributed by atoms with Gasteiger partial charge in [0.25, 0.3) is 5.56 Å². The van der Waals surface area contributed by atoms with E-state index in [1.54, 1.807) is 10.9 Å². The van der Waals surface area contributed by atoms with Crippen molar-refractivity contribution >= 4 is 17.2 Å². The van der Waals surface area contributed by atoms with Crippen LogP contribution in [0.15, 0.2) is 35.5 Å². The molecule has 4 aromatic rings. The first-order valence-corrected chi connectivity index (χ1v) is 10.9. The van der Waals surface area contributed by atoms with Crippen molar-refractivity contribution in [3.63, 3.8) is 0 Å². The summed E-state index contributed by atoms with van der Waals surface area (Å²) in [6.07, 6.45) is 5.99. The summed E-state index contributed by atoms with van der Waals surface area (Å²) in [5, 5.41) is 4.09. The highest BCUT2D eigenvalue weighted by Crippen LogP contribution is 2.38. The zero-order chi connectivity index (χ0) is 24.1. The molecule has 0 unspecified atom stereocenters. The Bertz CT molecular complexity index is 1490. The Balaban J connectivity index is 1.69. The number of aromatic nitrogens is 5. The zero-order valence-corrected chi connectivity index (χ0v) is 19.0. The highest BCUT2D eigenvalue weighted by Gasteiger charge is 2.29. The smallest absolute Gasteiger partial charge is 0.277 e.